The number of hydrogen-bond acceptors (Lipinski definition) is 5. The Labute approximate surface area is 170 Å². The normalized spacial score (nSPS) is 16.3. The highest BCUT2D eigenvalue weighted by molar-refractivity contribution is 7.90. The third-order valence-electron chi connectivity index (χ3n) is 4.46. The number of carbonyl (C=O) groups excluding carboxylic acids is 1. The first-order valence-corrected chi connectivity index (χ1v) is 10.4. The molecule has 0 saturated carbocycles. The Morgan fingerprint density at radius 1 is 1.28 bits per heavy atom. The SMILES string of the molecule is C=CCN(Cc1ccc(C#N)cc1)C(=O)[C@H](C)N=C1NS(=O)(=O)c2ccccc21. The summed E-state index contributed by atoms with van der Waals surface area (Å²) in [6.07, 6.45) is 1.62. The Balaban J connectivity index is 1.82. The van der Waals surface area contributed by atoms with Crippen molar-refractivity contribution in [3.8, 4) is 6.07 Å². The van der Waals surface area contributed by atoms with E-state index in [1.807, 2.05) is 0 Å². The third kappa shape index (κ3) is 4.36. The summed E-state index contributed by atoms with van der Waals surface area (Å²) in [4.78, 5) is 19.0. The average molecular weight is 408 g/mol. The summed E-state index contributed by atoms with van der Waals surface area (Å²) < 4.78 is 26.9. The Hall–Kier alpha value is -3.44. The summed E-state index contributed by atoms with van der Waals surface area (Å²) in [5.41, 5.74) is 1.86. The number of amides is 1. The monoisotopic (exact) mass is 408 g/mol. The lowest BCUT2D eigenvalue weighted by Gasteiger charge is -2.23. The molecule has 1 N–H and O–H groups in total. The molecule has 0 aromatic heterocycles. The van der Waals surface area contributed by atoms with Crippen molar-refractivity contribution in [1.82, 2.24) is 9.62 Å². The topological polar surface area (TPSA) is 103 Å². The maximum Gasteiger partial charge on any atom is 0.263 e. The molecule has 1 atom stereocenters. The molecule has 0 bridgehead atoms. The zero-order chi connectivity index (χ0) is 21.0. The van der Waals surface area contributed by atoms with Crippen LogP contribution in [0.25, 0.3) is 0 Å². The number of nitrogens with one attached hydrogen (secondary N) is 1. The molecule has 1 heterocycles. The van der Waals surface area contributed by atoms with E-state index < -0.39 is 16.1 Å². The first kappa shape index (κ1) is 20.3. The van der Waals surface area contributed by atoms with Crippen LogP contribution in [0.15, 0.2) is 71.1 Å². The molecule has 1 aliphatic heterocycles. The number of hydrogen-bond donors (Lipinski definition) is 1. The van der Waals surface area contributed by atoms with Crippen LogP contribution in [0.4, 0.5) is 0 Å². The molecule has 8 heteroatoms. The molecule has 0 saturated heterocycles. The number of amidine groups is 1. The van der Waals surface area contributed by atoms with Crippen LogP contribution in [0.5, 0.6) is 0 Å². The second-order valence-corrected chi connectivity index (χ2v) is 8.22. The van der Waals surface area contributed by atoms with Gasteiger partial charge in [-0.2, -0.15) is 5.26 Å². The molecule has 2 aromatic carbocycles. The van der Waals surface area contributed by atoms with Crippen molar-refractivity contribution in [2.45, 2.75) is 24.4 Å². The predicted molar refractivity (Wildman–Crippen MR) is 110 cm³/mol. The van der Waals surface area contributed by atoms with E-state index in [1.54, 1.807) is 60.4 Å². The van der Waals surface area contributed by atoms with Crippen LogP contribution >= 0.6 is 0 Å². The highest BCUT2D eigenvalue weighted by Gasteiger charge is 2.31. The molecule has 0 fully saturated rings. The largest absolute Gasteiger partial charge is 0.333 e. The van der Waals surface area contributed by atoms with Crippen molar-refractivity contribution in [2.75, 3.05) is 6.54 Å². The molecule has 3 rings (SSSR count). The van der Waals surface area contributed by atoms with E-state index in [9.17, 15) is 13.2 Å². The Morgan fingerprint density at radius 3 is 2.62 bits per heavy atom. The number of benzene rings is 2. The molecule has 1 amide bonds. The Bertz CT molecular complexity index is 1120. The fourth-order valence-electron chi connectivity index (χ4n) is 3.04. The van der Waals surface area contributed by atoms with Gasteiger partial charge in [-0.25, -0.2) is 8.42 Å². The van der Waals surface area contributed by atoms with Gasteiger partial charge in [0.1, 0.15) is 11.9 Å². The van der Waals surface area contributed by atoms with Crippen LogP contribution in [-0.4, -0.2) is 37.6 Å². The minimum Gasteiger partial charge on any atom is -0.333 e. The maximum atomic E-state index is 13.0. The molecular formula is C21H20N4O3S. The van der Waals surface area contributed by atoms with Gasteiger partial charge in [-0.05, 0) is 36.8 Å². The van der Waals surface area contributed by atoms with Crippen molar-refractivity contribution in [3.63, 3.8) is 0 Å². The van der Waals surface area contributed by atoms with Gasteiger partial charge in [0.2, 0.25) is 5.91 Å². The van der Waals surface area contributed by atoms with E-state index >= 15 is 0 Å². The molecule has 2 aromatic rings. The van der Waals surface area contributed by atoms with Crippen LogP contribution in [0.1, 0.15) is 23.6 Å². The lowest BCUT2D eigenvalue weighted by Crippen LogP contribution is -2.38. The average Bonchev–Trinajstić information content (AvgIpc) is 2.98. The minimum atomic E-state index is -3.66. The van der Waals surface area contributed by atoms with E-state index in [0.717, 1.165) is 5.56 Å². The molecule has 0 spiro atoms. The molecule has 29 heavy (non-hydrogen) atoms. The predicted octanol–water partition coefficient (Wildman–Crippen LogP) is 2.20. The summed E-state index contributed by atoms with van der Waals surface area (Å²) in [5.74, 6) is -0.0938. The van der Waals surface area contributed by atoms with Gasteiger partial charge in [-0.3, -0.25) is 14.5 Å². The zero-order valence-corrected chi connectivity index (χ0v) is 16.7. The van der Waals surface area contributed by atoms with Gasteiger partial charge >= 0.3 is 0 Å². The van der Waals surface area contributed by atoms with Crippen LogP contribution in [0.3, 0.4) is 0 Å². The number of fused-ring (bicyclic) bond motifs is 1. The van der Waals surface area contributed by atoms with E-state index in [2.05, 4.69) is 22.4 Å². The van der Waals surface area contributed by atoms with E-state index in [0.29, 0.717) is 24.2 Å². The molecule has 7 nitrogen and oxygen atoms in total. The van der Waals surface area contributed by atoms with E-state index in [4.69, 9.17) is 5.26 Å². The van der Waals surface area contributed by atoms with Gasteiger partial charge in [0, 0.05) is 18.7 Å². The van der Waals surface area contributed by atoms with Crippen LogP contribution in [0, 0.1) is 11.3 Å². The van der Waals surface area contributed by atoms with Gasteiger partial charge in [0.15, 0.2) is 0 Å². The highest BCUT2D eigenvalue weighted by Crippen LogP contribution is 2.23. The van der Waals surface area contributed by atoms with Crippen molar-refractivity contribution in [2.24, 2.45) is 4.99 Å². The summed E-state index contributed by atoms with van der Waals surface area (Å²) in [6, 6.07) is 14.7. The lowest BCUT2D eigenvalue weighted by molar-refractivity contribution is -0.132. The quantitative estimate of drug-likeness (QED) is 0.740. The number of carbonyl (C=O) groups is 1. The number of nitriles is 1. The van der Waals surface area contributed by atoms with Crippen molar-refractivity contribution < 1.29 is 13.2 Å². The van der Waals surface area contributed by atoms with Crippen molar-refractivity contribution in [1.29, 1.82) is 5.26 Å². The number of sulfonamides is 1. The summed E-state index contributed by atoms with van der Waals surface area (Å²) in [7, 11) is -3.66. The first-order valence-electron chi connectivity index (χ1n) is 8.94. The van der Waals surface area contributed by atoms with Gasteiger partial charge in [0.25, 0.3) is 10.0 Å². The third-order valence-corrected chi connectivity index (χ3v) is 5.86. The molecular weight excluding hydrogens is 388 g/mol. The number of aliphatic imine (C=N–C) groups is 1. The van der Waals surface area contributed by atoms with Crippen LogP contribution in [0.2, 0.25) is 0 Å². The summed E-state index contributed by atoms with van der Waals surface area (Å²) in [5, 5.41) is 8.91. The van der Waals surface area contributed by atoms with Gasteiger partial charge in [0.05, 0.1) is 16.5 Å². The smallest absolute Gasteiger partial charge is 0.263 e. The molecule has 148 valence electrons. The second kappa shape index (κ2) is 8.29. The maximum absolute atomic E-state index is 13.0. The highest BCUT2D eigenvalue weighted by atomic mass is 32.2. The van der Waals surface area contributed by atoms with Crippen molar-refractivity contribution >= 4 is 21.8 Å². The lowest BCUT2D eigenvalue weighted by atomic mass is 10.1. The Kier molecular flexibility index (Phi) is 5.80. The summed E-state index contributed by atoms with van der Waals surface area (Å²) in [6.45, 7) is 5.97. The van der Waals surface area contributed by atoms with Crippen LogP contribution < -0.4 is 4.72 Å². The summed E-state index contributed by atoms with van der Waals surface area (Å²) >= 11 is 0. The fourth-order valence-corrected chi connectivity index (χ4v) is 4.28. The van der Waals surface area contributed by atoms with Crippen LogP contribution in [-0.2, 0) is 21.4 Å². The van der Waals surface area contributed by atoms with Gasteiger partial charge in [-0.1, -0.05) is 30.3 Å². The van der Waals surface area contributed by atoms with Crippen molar-refractivity contribution in [3.05, 3.63) is 77.9 Å². The zero-order valence-electron chi connectivity index (χ0n) is 15.9. The first-order chi connectivity index (χ1) is 13.9. The standard InChI is InChI=1S/C21H20N4O3S/c1-3-12-25(14-17-10-8-16(13-22)9-11-17)21(26)15(2)23-20-18-6-4-5-7-19(18)29(27,28)24-20/h3-11,15H,1,12,14H2,2H3,(H,23,24)/t15-/m0/s1. The number of nitrogens with zero attached hydrogens (tertiary/aromatic N) is 3. The fraction of sp³-hybridized carbons (Fsp3) is 0.190. The minimum absolute atomic E-state index is 0.152. The molecule has 0 radical (unpaired) electrons. The molecule has 0 unspecified atom stereocenters. The van der Waals surface area contributed by atoms with Gasteiger partial charge in [-0.15, -0.1) is 6.58 Å². The molecule has 1 aliphatic rings. The van der Waals surface area contributed by atoms with Gasteiger partial charge < -0.3 is 4.90 Å². The Morgan fingerprint density at radius 2 is 1.97 bits per heavy atom. The number of rotatable bonds is 6. The van der Waals surface area contributed by atoms with E-state index in [1.165, 1.54) is 6.07 Å². The second-order valence-electron chi connectivity index (χ2n) is 6.57. The molecule has 0 aliphatic carbocycles. The van der Waals surface area contributed by atoms with E-state index in [-0.39, 0.29) is 16.6 Å².